The van der Waals surface area contributed by atoms with Crippen LogP contribution in [0.25, 0.3) is 0 Å². The van der Waals surface area contributed by atoms with Gasteiger partial charge in [-0.15, -0.1) is 0 Å². The molecule has 0 amide bonds. The molecule has 0 saturated heterocycles. The standard InChI is InChI=1S/C11H17N3/c1-7-5-8-9(6-12-7)14-10(13-8)11(2,3)4/h5-6,10,13-14H,1-4H3. The first-order chi connectivity index (χ1) is 6.47. The number of aromatic nitrogens is 1. The molecule has 3 nitrogen and oxygen atoms in total. The molecule has 0 radical (unpaired) electrons. The monoisotopic (exact) mass is 191 g/mol. The maximum Gasteiger partial charge on any atom is 0.101 e. The molecule has 1 unspecified atom stereocenters. The van der Waals surface area contributed by atoms with E-state index in [1.54, 1.807) is 0 Å². The molecule has 1 atom stereocenters. The molecule has 76 valence electrons. The van der Waals surface area contributed by atoms with Crippen LogP contribution >= 0.6 is 0 Å². The van der Waals surface area contributed by atoms with Crippen molar-refractivity contribution in [2.75, 3.05) is 10.6 Å². The van der Waals surface area contributed by atoms with Crippen molar-refractivity contribution < 1.29 is 0 Å². The second-order valence-electron chi connectivity index (χ2n) is 4.96. The Morgan fingerprint density at radius 3 is 2.50 bits per heavy atom. The Hall–Kier alpha value is -1.25. The summed E-state index contributed by atoms with van der Waals surface area (Å²) in [5.74, 6) is 0. The summed E-state index contributed by atoms with van der Waals surface area (Å²) in [6, 6.07) is 2.08. The Kier molecular flexibility index (Phi) is 1.91. The molecule has 0 aliphatic carbocycles. The first-order valence-corrected chi connectivity index (χ1v) is 4.96. The van der Waals surface area contributed by atoms with Gasteiger partial charge in [-0.2, -0.15) is 0 Å². The van der Waals surface area contributed by atoms with Gasteiger partial charge in [-0.1, -0.05) is 20.8 Å². The van der Waals surface area contributed by atoms with Crippen molar-refractivity contribution in [1.29, 1.82) is 0 Å². The minimum atomic E-state index is 0.201. The second-order valence-corrected chi connectivity index (χ2v) is 4.96. The number of nitrogens with one attached hydrogen (secondary N) is 2. The van der Waals surface area contributed by atoms with Crippen LogP contribution in [-0.4, -0.2) is 11.1 Å². The molecule has 1 aromatic heterocycles. The van der Waals surface area contributed by atoms with E-state index in [4.69, 9.17) is 0 Å². The van der Waals surface area contributed by atoms with Crippen LogP contribution in [0.2, 0.25) is 0 Å². The van der Waals surface area contributed by atoms with Gasteiger partial charge in [-0.25, -0.2) is 0 Å². The number of pyridine rings is 1. The van der Waals surface area contributed by atoms with E-state index in [1.807, 2.05) is 13.1 Å². The molecular formula is C11H17N3. The molecule has 0 fully saturated rings. The molecule has 1 aliphatic rings. The van der Waals surface area contributed by atoms with E-state index in [2.05, 4.69) is 42.5 Å². The van der Waals surface area contributed by atoms with Gasteiger partial charge < -0.3 is 10.6 Å². The van der Waals surface area contributed by atoms with Crippen LogP contribution in [0.3, 0.4) is 0 Å². The van der Waals surface area contributed by atoms with Crippen LogP contribution in [0, 0.1) is 12.3 Å². The van der Waals surface area contributed by atoms with E-state index in [0.717, 1.165) is 17.1 Å². The zero-order valence-corrected chi connectivity index (χ0v) is 9.18. The highest BCUT2D eigenvalue weighted by molar-refractivity contribution is 5.74. The van der Waals surface area contributed by atoms with Crippen LogP contribution in [0.4, 0.5) is 11.4 Å². The molecule has 0 spiro atoms. The molecule has 1 aliphatic heterocycles. The lowest BCUT2D eigenvalue weighted by Crippen LogP contribution is -2.36. The van der Waals surface area contributed by atoms with Gasteiger partial charge in [-0.3, -0.25) is 4.98 Å². The Bertz CT molecular complexity index is 352. The smallest absolute Gasteiger partial charge is 0.101 e. The zero-order valence-electron chi connectivity index (χ0n) is 9.18. The third-order valence-electron chi connectivity index (χ3n) is 2.51. The number of anilines is 2. The van der Waals surface area contributed by atoms with E-state index in [9.17, 15) is 0 Å². The first kappa shape index (κ1) is 9.31. The summed E-state index contributed by atoms with van der Waals surface area (Å²) < 4.78 is 0. The van der Waals surface area contributed by atoms with Crippen molar-refractivity contribution in [3.63, 3.8) is 0 Å². The highest BCUT2D eigenvalue weighted by Crippen LogP contribution is 2.34. The van der Waals surface area contributed by atoms with E-state index in [-0.39, 0.29) is 5.41 Å². The van der Waals surface area contributed by atoms with Crippen molar-refractivity contribution in [1.82, 2.24) is 4.98 Å². The first-order valence-electron chi connectivity index (χ1n) is 4.96. The van der Waals surface area contributed by atoms with Crippen molar-refractivity contribution >= 4 is 11.4 Å². The summed E-state index contributed by atoms with van der Waals surface area (Å²) in [5.41, 5.74) is 3.52. The molecule has 0 bridgehead atoms. The summed E-state index contributed by atoms with van der Waals surface area (Å²) in [7, 11) is 0. The summed E-state index contributed by atoms with van der Waals surface area (Å²) in [6.45, 7) is 8.64. The molecule has 0 aromatic carbocycles. The number of nitrogens with zero attached hydrogens (tertiary/aromatic N) is 1. The highest BCUT2D eigenvalue weighted by atomic mass is 15.2. The SMILES string of the molecule is Cc1cc2c(cn1)NC(C(C)(C)C)N2. The van der Waals surface area contributed by atoms with Gasteiger partial charge in [0.25, 0.3) is 0 Å². The van der Waals surface area contributed by atoms with Crippen molar-refractivity contribution in [3.05, 3.63) is 18.0 Å². The predicted octanol–water partition coefficient (Wildman–Crippen LogP) is 2.60. The van der Waals surface area contributed by atoms with Gasteiger partial charge in [0.15, 0.2) is 0 Å². The Labute approximate surface area is 84.9 Å². The summed E-state index contributed by atoms with van der Waals surface area (Å²) in [6.07, 6.45) is 2.18. The van der Waals surface area contributed by atoms with E-state index in [1.165, 1.54) is 0 Å². The number of hydrogen-bond donors (Lipinski definition) is 2. The predicted molar refractivity (Wildman–Crippen MR) is 59.5 cm³/mol. The van der Waals surface area contributed by atoms with E-state index >= 15 is 0 Å². The Morgan fingerprint density at radius 2 is 1.86 bits per heavy atom. The summed E-state index contributed by atoms with van der Waals surface area (Å²) >= 11 is 0. The number of fused-ring (bicyclic) bond motifs is 1. The zero-order chi connectivity index (χ0) is 10.3. The lowest BCUT2D eigenvalue weighted by Gasteiger charge is -2.27. The Morgan fingerprint density at radius 1 is 1.21 bits per heavy atom. The summed E-state index contributed by atoms with van der Waals surface area (Å²) in [5, 5.41) is 6.89. The van der Waals surface area contributed by atoms with Crippen molar-refractivity contribution in [3.8, 4) is 0 Å². The maximum atomic E-state index is 4.26. The molecule has 2 N–H and O–H groups in total. The van der Waals surface area contributed by atoms with Crippen molar-refractivity contribution in [2.24, 2.45) is 5.41 Å². The van der Waals surface area contributed by atoms with Crippen LogP contribution in [0.5, 0.6) is 0 Å². The largest absolute Gasteiger partial charge is 0.363 e. The molecular weight excluding hydrogens is 174 g/mol. The van der Waals surface area contributed by atoms with Gasteiger partial charge in [0, 0.05) is 11.1 Å². The fourth-order valence-electron chi connectivity index (χ4n) is 1.57. The lowest BCUT2D eigenvalue weighted by molar-refractivity contribution is 0.372. The lowest BCUT2D eigenvalue weighted by atomic mass is 9.93. The maximum absolute atomic E-state index is 4.26. The fraction of sp³-hybridized carbons (Fsp3) is 0.545. The van der Waals surface area contributed by atoms with Crippen LogP contribution in [-0.2, 0) is 0 Å². The molecule has 2 heterocycles. The van der Waals surface area contributed by atoms with Crippen LogP contribution in [0.1, 0.15) is 26.5 Å². The van der Waals surface area contributed by atoms with Gasteiger partial charge >= 0.3 is 0 Å². The fourth-order valence-corrected chi connectivity index (χ4v) is 1.57. The highest BCUT2D eigenvalue weighted by Gasteiger charge is 2.30. The molecule has 3 heteroatoms. The van der Waals surface area contributed by atoms with Crippen molar-refractivity contribution in [2.45, 2.75) is 33.9 Å². The second kappa shape index (κ2) is 2.87. The third-order valence-corrected chi connectivity index (χ3v) is 2.51. The number of aryl methyl sites for hydroxylation is 1. The summed E-state index contributed by atoms with van der Waals surface area (Å²) in [4.78, 5) is 4.26. The van der Waals surface area contributed by atoms with Gasteiger partial charge in [-0.05, 0) is 13.0 Å². The number of hydrogen-bond acceptors (Lipinski definition) is 3. The number of rotatable bonds is 0. The quantitative estimate of drug-likeness (QED) is 0.662. The van der Waals surface area contributed by atoms with Crippen LogP contribution < -0.4 is 10.6 Å². The van der Waals surface area contributed by atoms with Crippen LogP contribution in [0.15, 0.2) is 12.3 Å². The molecule has 0 saturated carbocycles. The third kappa shape index (κ3) is 1.54. The topological polar surface area (TPSA) is 37.0 Å². The Balaban J connectivity index is 2.26. The molecule has 2 rings (SSSR count). The molecule has 1 aromatic rings. The van der Waals surface area contributed by atoms with Gasteiger partial charge in [0.05, 0.1) is 17.6 Å². The van der Waals surface area contributed by atoms with E-state index in [0.29, 0.717) is 6.17 Å². The van der Waals surface area contributed by atoms with E-state index < -0.39 is 0 Å². The van der Waals surface area contributed by atoms with Gasteiger partial charge in [0.1, 0.15) is 6.17 Å². The average Bonchev–Trinajstić information content (AvgIpc) is 2.45. The minimum Gasteiger partial charge on any atom is -0.363 e. The van der Waals surface area contributed by atoms with Gasteiger partial charge in [0.2, 0.25) is 0 Å². The normalized spacial score (nSPS) is 19.9. The average molecular weight is 191 g/mol. The molecule has 14 heavy (non-hydrogen) atoms. The minimum absolute atomic E-state index is 0.201.